The number of aromatic nitrogens is 2. The largest absolute Gasteiger partial charge is 0.296 e. The predicted octanol–water partition coefficient (Wildman–Crippen LogP) is 2.82. The number of anilines is 1. The van der Waals surface area contributed by atoms with Crippen LogP contribution in [0.2, 0.25) is 0 Å². The Morgan fingerprint density at radius 1 is 1.20 bits per heavy atom. The van der Waals surface area contributed by atoms with Gasteiger partial charge in [-0.1, -0.05) is 37.7 Å². The van der Waals surface area contributed by atoms with E-state index in [1.807, 2.05) is 6.92 Å². The minimum atomic E-state index is -3.61. The van der Waals surface area contributed by atoms with Crippen molar-refractivity contribution in [1.29, 1.82) is 0 Å². The van der Waals surface area contributed by atoms with Gasteiger partial charge in [-0.3, -0.25) is 10.1 Å². The summed E-state index contributed by atoms with van der Waals surface area (Å²) < 4.78 is 26.8. The van der Waals surface area contributed by atoms with Crippen molar-refractivity contribution in [2.75, 3.05) is 11.9 Å². The van der Waals surface area contributed by atoms with Crippen molar-refractivity contribution in [1.82, 2.24) is 14.9 Å². The molecule has 2 rings (SSSR count). The summed E-state index contributed by atoms with van der Waals surface area (Å²) in [6.07, 6.45) is 3.61. The highest BCUT2D eigenvalue weighted by molar-refractivity contribution is 7.89. The summed E-state index contributed by atoms with van der Waals surface area (Å²) in [4.78, 5) is 12.4. The fourth-order valence-electron chi connectivity index (χ4n) is 2.03. The van der Waals surface area contributed by atoms with E-state index in [0.29, 0.717) is 18.1 Å². The summed E-state index contributed by atoms with van der Waals surface area (Å²) in [5.74, 6) is -0.411. The first-order valence-electron chi connectivity index (χ1n) is 8.19. The minimum absolute atomic E-state index is 0.0644. The maximum atomic E-state index is 12.3. The Morgan fingerprint density at radius 2 is 2.00 bits per heavy atom. The number of unbranched alkanes of at least 4 members (excludes halogenated alkanes) is 1. The summed E-state index contributed by atoms with van der Waals surface area (Å²) in [6, 6.07) is 5.92. The Labute approximate surface area is 151 Å². The van der Waals surface area contributed by atoms with Gasteiger partial charge in [0.2, 0.25) is 15.2 Å². The van der Waals surface area contributed by atoms with Gasteiger partial charge < -0.3 is 0 Å². The van der Waals surface area contributed by atoms with Gasteiger partial charge in [-0.15, -0.1) is 10.2 Å². The Hall–Kier alpha value is -1.84. The van der Waals surface area contributed by atoms with Gasteiger partial charge in [-0.05, 0) is 31.0 Å². The van der Waals surface area contributed by atoms with Crippen LogP contribution in [0.15, 0.2) is 29.2 Å². The highest BCUT2D eigenvalue weighted by atomic mass is 32.2. The van der Waals surface area contributed by atoms with E-state index in [-0.39, 0.29) is 10.5 Å². The standard InChI is InChI=1S/C16H22N4O3S2/c1-3-5-9-14-19-20-16(24-14)18-15(21)12-7-6-8-13(11-12)25(22,23)17-10-4-2/h6-8,11,17H,3-5,9-10H2,1-2H3,(H,18,20,21). The number of rotatable bonds is 9. The summed E-state index contributed by atoms with van der Waals surface area (Å²) in [6.45, 7) is 4.33. The van der Waals surface area contributed by atoms with E-state index in [0.717, 1.165) is 24.3 Å². The van der Waals surface area contributed by atoms with Crippen molar-refractivity contribution in [3.8, 4) is 0 Å². The van der Waals surface area contributed by atoms with Crippen molar-refractivity contribution in [2.45, 2.75) is 44.4 Å². The summed E-state index contributed by atoms with van der Waals surface area (Å²) in [5, 5.41) is 11.9. The van der Waals surface area contributed by atoms with Crippen LogP contribution in [0.5, 0.6) is 0 Å². The monoisotopic (exact) mass is 382 g/mol. The van der Waals surface area contributed by atoms with Crippen LogP contribution >= 0.6 is 11.3 Å². The van der Waals surface area contributed by atoms with Gasteiger partial charge in [0.25, 0.3) is 5.91 Å². The van der Waals surface area contributed by atoms with Crippen molar-refractivity contribution >= 4 is 32.4 Å². The molecule has 0 aliphatic heterocycles. The summed E-state index contributed by atoms with van der Waals surface area (Å²) >= 11 is 1.33. The molecular formula is C16H22N4O3S2. The first kappa shape index (κ1) is 19.5. The topological polar surface area (TPSA) is 101 Å². The molecule has 136 valence electrons. The van der Waals surface area contributed by atoms with E-state index in [4.69, 9.17) is 0 Å². The maximum absolute atomic E-state index is 12.3. The van der Waals surface area contributed by atoms with Crippen molar-refractivity contribution in [3.63, 3.8) is 0 Å². The number of hydrogen-bond acceptors (Lipinski definition) is 6. The van der Waals surface area contributed by atoms with Crippen LogP contribution in [0, 0.1) is 0 Å². The molecule has 7 nitrogen and oxygen atoms in total. The number of carbonyl (C=O) groups is 1. The molecule has 0 radical (unpaired) electrons. The lowest BCUT2D eigenvalue weighted by molar-refractivity contribution is 0.102. The average Bonchev–Trinajstić information content (AvgIpc) is 3.05. The Kier molecular flexibility index (Phi) is 7.03. The molecule has 0 saturated carbocycles. The third-order valence-electron chi connectivity index (χ3n) is 3.38. The van der Waals surface area contributed by atoms with E-state index in [1.54, 1.807) is 12.1 Å². The lowest BCUT2D eigenvalue weighted by atomic mass is 10.2. The molecule has 25 heavy (non-hydrogen) atoms. The molecule has 0 atom stereocenters. The highest BCUT2D eigenvalue weighted by Gasteiger charge is 2.16. The molecule has 1 aromatic heterocycles. The van der Waals surface area contributed by atoms with Crippen LogP contribution in [0.4, 0.5) is 5.13 Å². The van der Waals surface area contributed by atoms with Gasteiger partial charge in [0, 0.05) is 18.5 Å². The van der Waals surface area contributed by atoms with E-state index in [2.05, 4.69) is 27.2 Å². The lowest BCUT2D eigenvalue weighted by Crippen LogP contribution is -2.24. The third-order valence-corrected chi connectivity index (χ3v) is 5.74. The van der Waals surface area contributed by atoms with Crippen LogP contribution in [-0.4, -0.2) is 31.1 Å². The lowest BCUT2D eigenvalue weighted by Gasteiger charge is -2.07. The first-order valence-corrected chi connectivity index (χ1v) is 10.5. The smallest absolute Gasteiger partial charge is 0.257 e. The molecule has 1 heterocycles. The maximum Gasteiger partial charge on any atom is 0.257 e. The number of benzene rings is 1. The second-order valence-corrected chi connectivity index (χ2v) is 8.31. The molecule has 9 heteroatoms. The molecule has 0 saturated heterocycles. The molecule has 0 aliphatic carbocycles. The first-order chi connectivity index (χ1) is 12.0. The molecule has 0 spiro atoms. The predicted molar refractivity (Wildman–Crippen MR) is 98.4 cm³/mol. The van der Waals surface area contributed by atoms with E-state index >= 15 is 0 Å². The number of amides is 1. The van der Waals surface area contributed by atoms with Crippen LogP contribution < -0.4 is 10.0 Å². The molecule has 2 N–H and O–H groups in total. The van der Waals surface area contributed by atoms with Crippen LogP contribution in [0.1, 0.15) is 48.5 Å². The van der Waals surface area contributed by atoms with E-state index < -0.39 is 15.9 Å². The van der Waals surface area contributed by atoms with Gasteiger partial charge in [0.15, 0.2) is 0 Å². The van der Waals surface area contributed by atoms with Crippen LogP contribution in [-0.2, 0) is 16.4 Å². The fraction of sp³-hybridized carbons (Fsp3) is 0.438. The molecule has 1 amide bonds. The van der Waals surface area contributed by atoms with Gasteiger partial charge in [-0.2, -0.15) is 0 Å². The Bertz CT molecular complexity index is 818. The number of aryl methyl sites for hydroxylation is 1. The van der Waals surface area contributed by atoms with Gasteiger partial charge in [-0.25, -0.2) is 13.1 Å². The number of carbonyl (C=O) groups excluding carboxylic acids is 1. The second-order valence-electron chi connectivity index (χ2n) is 5.48. The SMILES string of the molecule is CCCCc1nnc(NC(=O)c2cccc(S(=O)(=O)NCCC)c2)s1. The molecule has 0 unspecified atom stereocenters. The average molecular weight is 383 g/mol. The van der Waals surface area contributed by atoms with Crippen molar-refractivity contribution in [2.24, 2.45) is 0 Å². The van der Waals surface area contributed by atoms with E-state index in [1.165, 1.54) is 23.5 Å². The zero-order chi connectivity index (χ0) is 18.3. The molecule has 0 bridgehead atoms. The van der Waals surface area contributed by atoms with Crippen molar-refractivity contribution < 1.29 is 13.2 Å². The van der Waals surface area contributed by atoms with Crippen molar-refractivity contribution in [3.05, 3.63) is 34.8 Å². The number of sulfonamides is 1. The zero-order valence-corrected chi connectivity index (χ0v) is 15.9. The quantitative estimate of drug-likeness (QED) is 0.694. The fourth-order valence-corrected chi connectivity index (χ4v) is 3.98. The van der Waals surface area contributed by atoms with Gasteiger partial charge in [0.05, 0.1) is 4.90 Å². The molecule has 1 aromatic carbocycles. The van der Waals surface area contributed by atoms with Gasteiger partial charge in [0.1, 0.15) is 5.01 Å². The second kappa shape index (κ2) is 9.02. The Morgan fingerprint density at radius 3 is 2.72 bits per heavy atom. The Balaban J connectivity index is 2.09. The zero-order valence-electron chi connectivity index (χ0n) is 14.3. The van der Waals surface area contributed by atoms with E-state index in [9.17, 15) is 13.2 Å². The summed E-state index contributed by atoms with van der Waals surface area (Å²) in [7, 11) is -3.61. The molecule has 0 fully saturated rings. The molecular weight excluding hydrogens is 360 g/mol. The normalized spacial score (nSPS) is 11.4. The molecule has 0 aliphatic rings. The van der Waals surface area contributed by atoms with Crippen LogP contribution in [0.25, 0.3) is 0 Å². The highest BCUT2D eigenvalue weighted by Crippen LogP contribution is 2.19. The number of nitrogens with zero attached hydrogens (tertiary/aromatic N) is 2. The number of hydrogen-bond donors (Lipinski definition) is 2. The molecule has 2 aromatic rings. The number of nitrogens with one attached hydrogen (secondary N) is 2. The van der Waals surface area contributed by atoms with Gasteiger partial charge >= 0.3 is 0 Å². The van der Waals surface area contributed by atoms with Crippen LogP contribution in [0.3, 0.4) is 0 Å². The third kappa shape index (κ3) is 5.58. The minimum Gasteiger partial charge on any atom is -0.296 e. The summed E-state index contributed by atoms with van der Waals surface area (Å²) in [5.41, 5.74) is 0.254.